The first kappa shape index (κ1) is 17.3. The molecule has 3 aromatic carbocycles. The molecule has 0 amide bonds. The third-order valence-electron chi connectivity index (χ3n) is 4.27. The monoisotopic (exact) mass is 408 g/mol. The first-order chi connectivity index (χ1) is 14.0. The van der Waals surface area contributed by atoms with Crippen LogP contribution in [0.15, 0.2) is 85.3 Å². The third kappa shape index (κ3) is 3.17. The minimum atomic E-state index is -4.15. The summed E-state index contributed by atoms with van der Waals surface area (Å²) in [5.74, 6) is -0.169. The fourth-order valence-electron chi connectivity index (χ4n) is 2.92. The Labute approximate surface area is 163 Å². The van der Waals surface area contributed by atoms with Crippen molar-refractivity contribution in [2.75, 3.05) is 0 Å². The summed E-state index contributed by atoms with van der Waals surface area (Å²) in [5, 5.41) is 0. The molecule has 1 N–H and O–H groups in total. The van der Waals surface area contributed by atoms with Gasteiger partial charge in [-0.3, -0.25) is 4.98 Å². The highest BCUT2D eigenvalue weighted by atomic mass is 32.2. The van der Waals surface area contributed by atoms with Gasteiger partial charge in [-0.25, -0.2) is 9.78 Å². The maximum absolute atomic E-state index is 12.6. The van der Waals surface area contributed by atoms with Crippen molar-refractivity contribution in [3.05, 3.63) is 77.3 Å². The van der Waals surface area contributed by atoms with Crippen LogP contribution in [0.1, 0.15) is 0 Å². The lowest BCUT2D eigenvalue weighted by Gasteiger charge is -2.06. The van der Waals surface area contributed by atoms with E-state index in [2.05, 4.69) is 9.97 Å². The van der Waals surface area contributed by atoms with Gasteiger partial charge in [0.15, 0.2) is 11.2 Å². The van der Waals surface area contributed by atoms with Crippen molar-refractivity contribution in [3.8, 4) is 17.2 Å². The molecule has 0 saturated carbocycles. The molecule has 0 aliphatic heterocycles. The third-order valence-corrected chi connectivity index (χ3v) is 5.51. The molecule has 5 rings (SSSR count). The van der Waals surface area contributed by atoms with Gasteiger partial charge >= 0.3 is 15.9 Å². The Balaban J connectivity index is 1.49. The second-order valence-electron chi connectivity index (χ2n) is 6.22. The number of H-pyrrole nitrogens is 1. The first-order valence-electron chi connectivity index (χ1n) is 8.51. The van der Waals surface area contributed by atoms with Crippen LogP contribution in [0.5, 0.6) is 5.75 Å². The minimum absolute atomic E-state index is 0.0730. The second kappa shape index (κ2) is 6.35. The van der Waals surface area contributed by atoms with E-state index in [1.165, 1.54) is 30.3 Å². The van der Waals surface area contributed by atoms with Crippen LogP contribution in [0.2, 0.25) is 0 Å². The molecular weight excluding hydrogens is 396 g/mol. The van der Waals surface area contributed by atoms with Gasteiger partial charge in [0.25, 0.3) is 0 Å². The largest absolute Gasteiger partial charge is 0.436 e. The van der Waals surface area contributed by atoms with Gasteiger partial charge in [-0.1, -0.05) is 18.2 Å². The normalized spacial score (nSPS) is 11.9. The van der Waals surface area contributed by atoms with Crippen molar-refractivity contribution in [2.24, 2.45) is 0 Å². The van der Waals surface area contributed by atoms with Crippen LogP contribution in [-0.4, -0.2) is 18.4 Å². The molecule has 9 heteroatoms. The van der Waals surface area contributed by atoms with Crippen molar-refractivity contribution < 1.29 is 21.4 Å². The molecule has 0 aliphatic rings. The summed E-state index contributed by atoms with van der Waals surface area (Å²) >= 11 is 0. The molecule has 0 radical (unpaired) electrons. The molecule has 29 heavy (non-hydrogen) atoms. The maximum Gasteiger partial charge on any atom is 0.417 e. The second-order valence-corrected chi connectivity index (χ2v) is 7.77. The molecule has 0 aliphatic carbocycles. The predicted molar refractivity (Wildman–Crippen MR) is 104 cm³/mol. The Morgan fingerprint density at radius 1 is 0.897 bits per heavy atom. The summed E-state index contributed by atoms with van der Waals surface area (Å²) in [6.45, 7) is 0. The number of aromatic nitrogens is 2. The molecule has 2 aromatic heterocycles. The van der Waals surface area contributed by atoms with Crippen molar-refractivity contribution in [3.63, 3.8) is 0 Å². The smallest absolute Gasteiger partial charge is 0.417 e. The molecule has 0 fully saturated rings. The van der Waals surface area contributed by atoms with Crippen LogP contribution in [-0.2, 0) is 10.1 Å². The van der Waals surface area contributed by atoms with Gasteiger partial charge in [-0.2, -0.15) is 8.42 Å². The van der Waals surface area contributed by atoms with Crippen molar-refractivity contribution >= 4 is 32.3 Å². The molecule has 2 heterocycles. The lowest BCUT2D eigenvalue weighted by molar-refractivity contribution is 0.485. The molecule has 0 unspecified atom stereocenters. The Morgan fingerprint density at radius 3 is 2.55 bits per heavy atom. The standard InChI is InChI=1S/C20H12N2O6S/c23-20-22-16-9-7-14(11-18(16)27-20)29(24,25)28-13-6-8-15-17(10-13)26-19(21-15)12-4-2-1-3-5-12/h1-11H,(H,22,23). The van der Waals surface area contributed by atoms with E-state index in [-0.39, 0.29) is 16.2 Å². The van der Waals surface area contributed by atoms with Crippen molar-refractivity contribution in [1.29, 1.82) is 0 Å². The summed E-state index contributed by atoms with van der Waals surface area (Å²) in [4.78, 5) is 18.0. The highest BCUT2D eigenvalue weighted by molar-refractivity contribution is 7.87. The number of hydrogen-bond donors (Lipinski definition) is 1. The highest BCUT2D eigenvalue weighted by Gasteiger charge is 2.19. The Morgan fingerprint density at radius 2 is 1.72 bits per heavy atom. The molecule has 5 aromatic rings. The zero-order valence-corrected chi connectivity index (χ0v) is 15.5. The van der Waals surface area contributed by atoms with E-state index in [0.717, 1.165) is 5.56 Å². The van der Waals surface area contributed by atoms with Gasteiger partial charge in [-0.05, 0) is 36.4 Å². The number of hydrogen-bond acceptors (Lipinski definition) is 7. The first-order valence-corrected chi connectivity index (χ1v) is 9.92. The number of benzene rings is 3. The molecule has 0 bridgehead atoms. The SMILES string of the molecule is O=c1[nH]c2ccc(S(=O)(=O)Oc3ccc4nc(-c5ccccc5)oc4c3)cc2o1. The van der Waals surface area contributed by atoms with E-state index in [9.17, 15) is 13.2 Å². The van der Waals surface area contributed by atoms with Crippen LogP contribution >= 0.6 is 0 Å². The lowest BCUT2D eigenvalue weighted by Crippen LogP contribution is -2.09. The number of rotatable bonds is 4. The van der Waals surface area contributed by atoms with E-state index in [0.29, 0.717) is 22.5 Å². The Kier molecular flexibility index (Phi) is 3.78. The van der Waals surface area contributed by atoms with Crippen molar-refractivity contribution in [2.45, 2.75) is 4.90 Å². The van der Waals surface area contributed by atoms with Gasteiger partial charge in [0, 0.05) is 17.7 Å². The summed E-state index contributed by atoms with van der Waals surface area (Å²) in [6.07, 6.45) is 0. The van der Waals surface area contributed by atoms with E-state index in [1.54, 1.807) is 6.07 Å². The predicted octanol–water partition coefficient (Wildman–Crippen LogP) is 3.70. The zero-order chi connectivity index (χ0) is 20.0. The molecule has 0 spiro atoms. The summed E-state index contributed by atoms with van der Waals surface area (Å²) < 4.78 is 41.1. The van der Waals surface area contributed by atoms with E-state index in [1.807, 2.05) is 30.3 Å². The number of fused-ring (bicyclic) bond motifs is 2. The number of aromatic amines is 1. The molecule has 0 atom stereocenters. The Hall–Kier alpha value is -3.85. The van der Waals surface area contributed by atoms with Gasteiger partial charge in [0.05, 0.1) is 5.52 Å². The molecule has 144 valence electrons. The summed E-state index contributed by atoms with van der Waals surface area (Å²) in [7, 11) is -4.15. The van der Waals surface area contributed by atoms with Gasteiger partial charge in [0.2, 0.25) is 5.89 Å². The van der Waals surface area contributed by atoms with Crippen LogP contribution in [0.4, 0.5) is 0 Å². The van der Waals surface area contributed by atoms with Gasteiger partial charge in [0.1, 0.15) is 16.2 Å². The number of oxazole rings is 2. The molecular formula is C20H12N2O6S. The molecule has 8 nitrogen and oxygen atoms in total. The van der Waals surface area contributed by atoms with Crippen LogP contribution in [0.3, 0.4) is 0 Å². The summed E-state index contributed by atoms with van der Waals surface area (Å²) in [5.41, 5.74) is 2.29. The zero-order valence-electron chi connectivity index (χ0n) is 14.7. The quantitative estimate of drug-likeness (QED) is 0.451. The van der Waals surface area contributed by atoms with Gasteiger partial charge < -0.3 is 13.0 Å². The van der Waals surface area contributed by atoms with Crippen LogP contribution in [0.25, 0.3) is 33.7 Å². The average molecular weight is 408 g/mol. The highest BCUT2D eigenvalue weighted by Crippen LogP contribution is 2.28. The fourth-order valence-corrected chi connectivity index (χ4v) is 3.86. The summed E-state index contributed by atoms with van der Waals surface area (Å²) in [6, 6.07) is 17.9. The van der Waals surface area contributed by atoms with E-state index in [4.69, 9.17) is 13.0 Å². The fraction of sp³-hybridized carbons (Fsp3) is 0. The molecule has 0 saturated heterocycles. The van der Waals surface area contributed by atoms with Gasteiger partial charge in [-0.15, -0.1) is 0 Å². The topological polar surface area (TPSA) is 115 Å². The number of nitrogens with zero attached hydrogens (tertiary/aromatic N) is 1. The van der Waals surface area contributed by atoms with E-state index < -0.39 is 15.9 Å². The average Bonchev–Trinajstić information content (AvgIpc) is 3.29. The lowest BCUT2D eigenvalue weighted by atomic mass is 10.2. The Bertz CT molecular complexity index is 1510. The van der Waals surface area contributed by atoms with Crippen LogP contribution in [0, 0.1) is 0 Å². The van der Waals surface area contributed by atoms with Crippen LogP contribution < -0.4 is 9.94 Å². The minimum Gasteiger partial charge on any atom is -0.436 e. The van der Waals surface area contributed by atoms with E-state index >= 15 is 0 Å². The van der Waals surface area contributed by atoms with Crippen molar-refractivity contribution in [1.82, 2.24) is 9.97 Å². The maximum atomic E-state index is 12.6. The number of nitrogens with one attached hydrogen (secondary N) is 1.